The number of hydrogen-bond donors (Lipinski definition) is 2. The number of urea groups is 1. The summed E-state index contributed by atoms with van der Waals surface area (Å²) in [4.78, 5) is 50.3. The van der Waals surface area contributed by atoms with Gasteiger partial charge in [0.25, 0.3) is 0 Å². The van der Waals surface area contributed by atoms with E-state index in [2.05, 4.69) is 41.0 Å². The molecule has 4 rings (SSSR count). The topological polar surface area (TPSA) is 111 Å². The van der Waals surface area contributed by atoms with E-state index in [1.807, 2.05) is 37.3 Å². The Kier molecular flexibility index (Phi) is 10.4. The van der Waals surface area contributed by atoms with E-state index in [1.54, 1.807) is 51.1 Å². The van der Waals surface area contributed by atoms with Crippen LogP contribution in [0.25, 0.3) is 27.6 Å². The van der Waals surface area contributed by atoms with Gasteiger partial charge in [0, 0.05) is 11.3 Å². The van der Waals surface area contributed by atoms with Crippen molar-refractivity contribution >= 4 is 57.1 Å². The average Bonchev–Trinajstić information content (AvgIpc) is 3.04. The van der Waals surface area contributed by atoms with Gasteiger partial charge in [0.2, 0.25) is 0 Å². The first kappa shape index (κ1) is 32.9. The van der Waals surface area contributed by atoms with Crippen molar-refractivity contribution in [3.05, 3.63) is 96.1 Å². The van der Waals surface area contributed by atoms with E-state index < -0.39 is 28.8 Å². The second-order valence-electron chi connectivity index (χ2n) is 12.0. The molecule has 0 aliphatic heterocycles. The Morgan fingerprint density at radius 2 is 1.42 bits per heavy atom. The van der Waals surface area contributed by atoms with E-state index in [1.165, 1.54) is 7.11 Å². The number of rotatable bonds is 12. The molecule has 45 heavy (non-hydrogen) atoms. The number of carbonyl (C=O) groups excluding carboxylic acids is 4. The van der Waals surface area contributed by atoms with E-state index >= 15 is 0 Å². The number of nitrogens with one attached hydrogen (secondary N) is 2. The highest BCUT2D eigenvalue weighted by Crippen LogP contribution is 2.38. The molecule has 2 amide bonds. The number of benzene rings is 4. The zero-order valence-electron chi connectivity index (χ0n) is 26.4. The van der Waals surface area contributed by atoms with E-state index in [4.69, 9.17) is 9.47 Å². The van der Waals surface area contributed by atoms with Gasteiger partial charge < -0.3 is 20.1 Å². The molecule has 0 heterocycles. The van der Waals surface area contributed by atoms with Crippen LogP contribution in [0, 0.1) is 10.8 Å². The first-order valence-electron chi connectivity index (χ1n) is 15.0. The van der Waals surface area contributed by atoms with Crippen molar-refractivity contribution in [2.45, 2.75) is 40.5 Å². The number of hydrogen-bond acceptors (Lipinski definition) is 6. The lowest BCUT2D eigenvalue weighted by Crippen LogP contribution is -2.39. The molecule has 0 radical (unpaired) electrons. The van der Waals surface area contributed by atoms with Gasteiger partial charge in [0.1, 0.15) is 6.61 Å². The fraction of sp³-hybridized carbons (Fsp3) is 0.297. The Hall–Kier alpha value is -4.98. The highest BCUT2D eigenvalue weighted by atomic mass is 16.5. The third-order valence-corrected chi connectivity index (χ3v) is 8.11. The maximum Gasteiger partial charge on any atom is 0.319 e. The molecule has 0 aliphatic carbocycles. The standard InChI is InChI=1S/C37H40N2O6/c1-6-37(4,24-36(2,3)33(41)44-5)34(42)45-22-21-38-35(43)39-28-17-15-25(16-18-28)32(40)20-19-31-29-13-9-7-11-26(29)23-27-12-8-10-14-30(27)31/h7-20,23H,6,21-22,24H2,1-5H3,(H2,38,39,43)/b20-19+. The third kappa shape index (κ3) is 7.95. The summed E-state index contributed by atoms with van der Waals surface area (Å²) in [7, 11) is 1.32. The molecule has 0 fully saturated rings. The highest BCUT2D eigenvalue weighted by Gasteiger charge is 2.42. The maximum absolute atomic E-state index is 13.0. The van der Waals surface area contributed by atoms with Crippen LogP contribution in [0.5, 0.6) is 0 Å². The molecule has 1 unspecified atom stereocenters. The predicted molar refractivity (Wildman–Crippen MR) is 178 cm³/mol. The van der Waals surface area contributed by atoms with Crippen LogP contribution >= 0.6 is 0 Å². The summed E-state index contributed by atoms with van der Waals surface area (Å²) in [5, 5.41) is 9.73. The summed E-state index contributed by atoms with van der Waals surface area (Å²) < 4.78 is 10.3. The molecular weight excluding hydrogens is 568 g/mol. The summed E-state index contributed by atoms with van der Waals surface area (Å²) in [6.07, 6.45) is 4.19. The Balaban J connectivity index is 1.30. The van der Waals surface area contributed by atoms with Gasteiger partial charge in [-0.15, -0.1) is 0 Å². The summed E-state index contributed by atoms with van der Waals surface area (Å²) in [6, 6.07) is 24.5. The van der Waals surface area contributed by atoms with Gasteiger partial charge in [0.05, 0.1) is 24.5 Å². The summed E-state index contributed by atoms with van der Waals surface area (Å²) in [5.41, 5.74) is 0.259. The van der Waals surface area contributed by atoms with Crippen LogP contribution < -0.4 is 10.6 Å². The summed E-state index contributed by atoms with van der Waals surface area (Å²) in [6.45, 7) is 7.17. The fourth-order valence-electron chi connectivity index (χ4n) is 5.52. The van der Waals surface area contributed by atoms with Crippen molar-refractivity contribution in [2.24, 2.45) is 10.8 Å². The van der Waals surface area contributed by atoms with Crippen LogP contribution in [-0.4, -0.2) is 44.0 Å². The number of allylic oxidation sites excluding steroid dienone is 1. The zero-order chi connectivity index (χ0) is 32.6. The Bertz CT molecular complexity index is 1690. The van der Waals surface area contributed by atoms with Crippen molar-refractivity contribution in [3.63, 3.8) is 0 Å². The van der Waals surface area contributed by atoms with Crippen LogP contribution in [0.15, 0.2) is 84.9 Å². The molecule has 234 valence electrons. The molecule has 0 spiro atoms. The molecule has 0 bridgehead atoms. The summed E-state index contributed by atoms with van der Waals surface area (Å²) in [5.74, 6) is -0.983. The molecule has 0 saturated carbocycles. The Labute approximate surface area is 263 Å². The van der Waals surface area contributed by atoms with Gasteiger partial charge in [-0.25, -0.2) is 4.79 Å². The smallest absolute Gasteiger partial charge is 0.319 e. The van der Waals surface area contributed by atoms with Crippen molar-refractivity contribution < 1.29 is 28.7 Å². The van der Waals surface area contributed by atoms with Crippen molar-refractivity contribution in [1.82, 2.24) is 5.32 Å². The number of fused-ring (bicyclic) bond motifs is 2. The number of ether oxygens (including phenoxy) is 2. The Morgan fingerprint density at radius 1 is 0.822 bits per heavy atom. The largest absolute Gasteiger partial charge is 0.469 e. The predicted octanol–water partition coefficient (Wildman–Crippen LogP) is 7.56. The lowest BCUT2D eigenvalue weighted by atomic mass is 9.72. The number of carbonyl (C=O) groups is 4. The van der Waals surface area contributed by atoms with Crippen molar-refractivity contribution in [2.75, 3.05) is 25.6 Å². The monoisotopic (exact) mass is 608 g/mol. The van der Waals surface area contributed by atoms with Gasteiger partial charge in [0.15, 0.2) is 5.78 Å². The van der Waals surface area contributed by atoms with E-state index in [0.717, 1.165) is 27.1 Å². The lowest BCUT2D eigenvalue weighted by molar-refractivity contribution is -0.161. The summed E-state index contributed by atoms with van der Waals surface area (Å²) >= 11 is 0. The number of esters is 2. The fourth-order valence-corrected chi connectivity index (χ4v) is 5.52. The minimum absolute atomic E-state index is 0.0216. The molecule has 8 heteroatoms. The van der Waals surface area contributed by atoms with E-state index in [0.29, 0.717) is 17.7 Å². The zero-order valence-corrected chi connectivity index (χ0v) is 26.4. The lowest BCUT2D eigenvalue weighted by Gasteiger charge is -2.33. The number of methoxy groups -OCH3 is 1. The highest BCUT2D eigenvalue weighted by molar-refractivity contribution is 6.12. The molecule has 8 nitrogen and oxygen atoms in total. The molecule has 0 aromatic heterocycles. The molecule has 4 aromatic carbocycles. The second-order valence-corrected chi connectivity index (χ2v) is 12.0. The van der Waals surface area contributed by atoms with Crippen LogP contribution in [0.3, 0.4) is 0 Å². The van der Waals surface area contributed by atoms with E-state index in [9.17, 15) is 19.2 Å². The van der Waals surface area contributed by atoms with Crippen molar-refractivity contribution in [3.8, 4) is 0 Å². The maximum atomic E-state index is 13.0. The van der Waals surface area contributed by atoms with Gasteiger partial charge >= 0.3 is 18.0 Å². The van der Waals surface area contributed by atoms with Gasteiger partial charge in [-0.05, 0) is 103 Å². The SMILES string of the molecule is CCC(C)(CC(C)(C)C(=O)OC)C(=O)OCCNC(=O)Nc1ccc(C(=O)/C=C/c2c3ccccc3cc3ccccc23)cc1. The first-order valence-corrected chi connectivity index (χ1v) is 15.0. The molecule has 1 atom stereocenters. The normalized spacial score (nSPS) is 12.9. The van der Waals surface area contributed by atoms with Crippen molar-refractivity contribution in [1.29, 1.82) is 0 Å². The molecule has 2 N–H and O–H groups in total. The number of ketones is 1. The number of amides is 2. The second kappa shape index (κ2) is 14.2. The minimum Gasteiger partial charge on any atom is -0.469 e. The quantitative estimate of drug-likeness (QED) is 0.0565. The third-order valence-electron chi connectivity index (χ3n) is 8.11. The van der Waals surface area contributed by atoms with Crippen LogP contribution in [-0.2, 0) is 19.1 Å². The van der Waals surface area contributed by atoms with E-state index in [-0.39, 0.29) is 25.4 Å². The van der Waals surface area contributed by atoms with Crippen LogP contribution in [0.4, 0.5) is 10.5 Å². The van der Waals surface area contributed by atoms with Gasteiger partial charge in [-0.3, -0.25) is 14.4 Å². The van der Waals surface area contributed by atoms with Gasteiger partial charge in [-0.1, -0.05) is 55.5 Å². The molecule has 0 saturated heterocycles. The first-order chi connectivity index (χ1) is 21.5. The molecule has 4 aromatic rings. The average molecular weight is 609 g/mol. The molecule has 0 aliphatic rings. The minimum atomic E-state index is -0.878. The molecular formula is C37H40N2O6. The van der Waals surface area contributed by atoms with Crippen LogP contribution in [0.2, 0.25) is 0 Å². The van der Waals surface area contributed by atoms with Crippen LogP contribution in [0.1, 0.15) is 56.5 Å². The van der Waals surface area contributed by atoms with Gasteiger partial charge in [-0.2, -0.15) is 0 Å². The Morgan fingerprint density at radius 3 is 2.00 bits per heavy atom. The number of anilines is 1.